The first-order valence-corrected chi connectivity index (χ1v) is 7.29. The van der Waals surface area contributed by atoms with Crippen molar-refractivity contribution < 1.29 is 14.4 Å². The van der Waals surface area contributed by atoms with E-state index in [1.165, 1.54) is 18.7 Å². The maximum Gasteiger partial charge on any atom is 0.277 e. The van der Waals surface area contributed by atoms with Gasteiger partial charge in [0.05, 0.1) is 24.7 Å². The zero-order chi connectivity index (χ0) is 15.2. The van der Waals surface area contributed by atoms with Gasteiger partial charge in [0.25, 0.3) is 5.69 Å². The number of hydrogen-bond acceptors (Lipinski definition) is 6. The van der Waals surface area contributed by atoms with Crippen LogP contribution in [0.4, 0.5) is 5.69 Å². The van der Waals surface area contributed by atoms with Gasteiger partial charge in [0.15, 0.2) is 11.5 Å². The van der Waals surface area contributed by atoms with E-state index in [1.54, 1.807) is 17.4 Å². The molecule has 0 bridgehead atoms. The average molecular weight is 308 g/mol. The number of rotatable bonds is 7. The largest absolute Gasteiger partial charge is 0.493 e. The van der Waals surface area contributed by atoms with Gasteiger partial charge in [-0.2, -0.15) is 11.3 Å². The predicted octanol–water partition coefficient (Wildman–Crippen LogP) is 2.75. The molecule has 1 aromatic heterocycles. The highest BCUT2D eigenvalue weighted by atomic mass is 32.1. The maximum atomic E-state index is 11.0. The Morgan fingerprint density at radius 2 is 2.19 bits per heavy atom. The van der Waals surface area contributed by atoms with Gasteiger partial charge >= 0.3 is 0 Å². The molecule has 0 spiro atoms. The van der Waals surface area contributed by atoms with Crippen molar-refractivity contribution in [1.82, 2.24) is 0 Å². The summed E-state index contributed by atoms with van der Waals surface area (Å²) in [6.07, 6.45) is 0.735. The molecule has 2 N–H and O–H groups in total. The number of nitrogens with zero attached hydrogens (tertiary/aromatic N) is 1. The molecule has 0 aliphatic carbocycles. The predicted molar refractivity (Wildman–Crippen MR) is 81.1 cm³/mol. The molecular weight excluding hydrogens is 292 g/mol. The van der Waals surface area contributed by atoms with E-state index in [4.69, 9.17) is 15.2 Å². The van der Waals surface area contributed by atoms with E-state index in [1.807, 2.05) is 16.8 Å². The number of benzene rings is 1. The zero-order valence-corrected chi connectivity index (χ0v) is 12.4. The van der Waals surface area contributed by atoms with Crippen LogP contribution < -0.4 is 15.2 Å². The first-order valence-electron chi connectivity index (χ1n) is 6.35. The molecule has 0 saturated carbocycles. The highest BCUT2D eigenvalue weighted by Crippen LogP contribution is 2.34. The Bertz CT molecular complexity index is 614. The third-order valence-electron chi connectivity index (χ3n) is 3.01. The molecule has 1 heterocycles. The Kier molecular flexibility index (Phi) is 5.13. The highest BCUT2D eigenvalue weighted by molar-refractivity contribution is 7.07. The normalized spacial score (nSPS) is 10.4. The van der Waals surface area contributed by atoms with Crippen molar-refractivity contribution in [3.8, 4) is 11.5 Å². The van der Waals surface area contributed by atoms with Gasteiger partial charge < -0.3 is 15.2 Å². The number of methoxy groups -OCH3 is 1. The molecular formula is C14H16N2O4S. The fourth-order valence-corrected chi connectivity index (χ4v) is 2.61. The number of thiophene rings is 1. The van der Waals surface area contributed by atoms with Crippen LogP contribution >= 0.6 is 11.3 Å². The minimum atomic E-state index is -0.465. The van der Waals surface area contributed by atoms with Crippen LogP contribution in [0.25, 0.3) is 0 Å². The van der Waals surface area contributed by atoms with E-state index in [0.29, 0.717) is 23.7 Å². The second kappa shape index (κ2) is 7.05. The molecule has 0 radical (unpaired) electrons. The molecule has 7 heteroatoms. The quantitative estimate of drug-likeness (QED) is 0.627. The Morgan fingerprint density at radius 3 is 2.76 bits per heavy atom. The van der Waals surface area contributed by atoms with Crippen LogP contribution in [0.3, 0.4) is 0 Å². The Hall–Kier alpha value is -2.12. The van der Waals surface area contributed by atoms with E-state index in [0.717, 1.165) is 6.42 Å². The molecule has 0 aliphatic rings. The van der Waals surface area contributed by atoms with Crippen molar-refractivity contribution in [2.24, 2.45) is 5.73 Å². The molecule has 2 rings (SSSR count). The monoisotopic (exact) mass is 308 g/mol. The number of nitrogens with two attached hydrogens (primary N) is 1. The molecule has 1 aromatic carbocycles. The Morgan fingerprint density at radius 1 is 1.38 bits per heavy atom. The van der Waals surface area contributed by atoms with E-state index in [2.05, 4.69) is 0 Å². The van der Waals surface area contributed by atoms with Crippen molar-refractivity contribution in [2.45, 2.75) is 13.0 Å². The fraction of sp³-hybridized carbons (Fsp3) is 0.286. The summed E-state index contributed by atoms with van der Waals surface area (Å²) in [7, 11) is 1.49. The molecule has 0 amide bonds. The van der Waals surface area contributed by atoms with E-state index >= 15 is 0 Å². The molecule has 2 aromatic rings. The third-order valence-corrected chi connectivity index (χ3v) is 3.74. The lowest BCUT2D eigenvalue weighted by Gasteiger charge is -2.12. The van der Waals surface area contributed by atoms with Crippen molar-refractivity contribution >= 4 is 17.0 Å². The first kappa shape index (κ1) is 15.3. The number of hydrogen-bond donors (Lipinski definition) is 1. The molecule has 6 nitrogen and oxygen atoms in total. The van der Waals surface area contributed by atoms with Crippen LogP contribution in [-0.2, 0) is 13.0 Å². The maximum absolute atomic E-state index is 11.0. The number of nitro groups is 1. The smallest absolute Gasteiger partial charge is 0.277 e. The average Bonchev–Trinajstić information content (AvgIpc) is 2.99. The zero-order valence-electron chi connectivity index (χ0n) is 11.6. The minimum absolute atomic E-state index is 0.0520. The topological polar surface area (TPSA) is 87.6 Å². The van der Waals surface area contributed by atoms with Gasteiger partial charge in [-0.15, -0.1) is 0 Å². The number of ether oxygens (including phenoxy) is 2. The third kappa shape index (κ3) is 3.71. The lowest BCUT2D eigenvalue weighted by atomic mass is 10.1. The summed E-state index contributed by atoms with van der Waals surface area (Å²) in [6.45, 7) is 0.494. The summed E-state index contributed by atoms with van der Waals surface area (Å²) in [5, 5.41) is 15.1. The molecule has 112 valence electrons. The van der Waals surface area contributed by atoms with Crippen LogP contribution in [0.2, 0.25) is 0 Å². The van der Waals surface area contributed by atoms with Gasteiger partial charge in [-0.05, 0) is 28.5 Å². The van der Waals surface area contributed by atoms with Crippen LogP contribution in [0.1, 0.15) is 11.1 Å². The lowest BCUT2D eigenvalue weighted by Crippen LogP contribution is -2.06. The molecule has 0 fully saturated rings. The van der Waals surface area contributed by atoms with Gasteiger partial charge in [-0.3, -0.25) is 10.1 Å². The molecule has 21 heavy (non-hydrogen) atoms. The highest BCUT2D eigenvalue weighted by Gasteiger charge is 2.18. The first-order chi connectivity index (χ1) is 10.2. The van der Waals surface area contributed by atoms with Crippen molar-refractivity contribution in [2.75, 3.05) is 13.7 Å². The number of nitro benzene ring substituents is 1. The van der Waals surface area contributed by atoms with Crippen LogP contribution in [0, 0.1) is 10.1 Å². The molecule has 0 atom stereocenters. The Labute approximate surface area is 126 Å². The molecule has 0 saturated heterocycles. The van der Waals surface area contributed by atoms with Gasteiger partial charge in [-0.25, -0.2) is 0 Å². The standard InChI is InChI=1S/C14H16N2O4S/c1-19-13-6-11(8-15)12(16(17)18)7-14(13)20-4-2-10-3-5-21-9-10/h3,5-7,9H,2,4,8,15H2,1H3. The van der Waals surface area contributed by atoms with Gasteiger partial charge in [0, 0.05) is 18.5 Å². The molecule has 0 aliphatic heterocycles. The van der Waals surface area contributed by atoms with E-state index in [-0.39, 0.29) is 12.2 Å². The van der Waals surface area contributed by atoms with Gasteiger partial charge in [0.1, 0.15) is 0 Å². The summed E-state index contributed by atoms with van der Waals surface area (Å²) < 4.78 is 10.8. The van der Waals surface area contributed by atoms with Crippen molar-refractivity contribution in [3.63, 3.8) is 0 Å². The van der Waals surface area contributed by atoms with Gasteiger partial charge in [-0.1, -0.05) is 0 Å². The van der Waals surface area contributed by atoms with Crippen molar-refractivity contribution in [3.05, 3.63) is 50.2 Å². The second-order valence-corrected chi connectivity index (χ2v) is 5.10. The summed E-state index contributed by atoms with van der Waals surface area (Å²) >= 11 is 1.62. The van der Waals surface area contributed by atoms with Crippen LogP contribution in [0.15, 0.2) is 29.0 Å². The summed E-state index contributed by atoms with van der Waals surface area (Å²) in [5.41, 5.74) is 7.07. The summed E-state index contributed by atoms with van der Waals surface area (Å²) in [4.78, 5) is 10.6. The SMILES string of the molecule is COc1cc(CN)c([N+](=O)[O-])cc1OCCc1ccsc1. The van der Waals surface area contributed by atoms with Gasteiger partial charge in [0.2, 0.25) is 0 Å². The molecule has 0 unspecified atom stereocenters. The van der Waals surface area contributed by atoms with E-state index < -0.39 is 4.92 Å². The summed E-state index contributed by atoms with van der Waals surface area (Å²) in [5.74, 6) is 0.808. The minimum Gasteiger partial charge on any atom is -0.493 e. The van der Waals surface area contributed by atoms with E-state index in [9.17, 15) is 10.1 Å². The second-order valence-electron chi connectivity index (χ2n) is 4.32. The summed E-state index contributed by atoms with van der Waals surface area (Å²) in [6, 6.07) is 4.94. The van der Waals surface area contributed by atoms with Crippen LogP contribution in [0.5, 0.6) is 11.5 Å². The van der Waals surface area contributed by atoms with Crippen LogP contribution in [-0.4, -0.2) is 18.6 Å². The van der Waals surface area contributed by atoms with Crippen molar-refractivity contribution in [1.29, 1.82) is 0 Å². The Balaban J connectivity index is 2.16. The lowest BCUT2D eigenvalue weighted by molar-refractivity contribution is -0.385. The fourth-order valence-electron chi connectivity index (χ4n) is 1.91.